The molecular formula is C11H11NO3. The molecule has 0 amide bonds. The Hall–Kier alpha value is -1.89. The average Bonchev–Trinajstić information content (AvgIpc) is 2.44. The molecule has 1 heterocycles. The summed E-state index contributed by atoms with van der Waals surface area (Å²) in [4.78, 5) is 0. The molecule has 0 atom stereocenters. The molecule has 1 N–H and O–H groups in total. The van der Waals surface area contributed by atoms with Crippen LogP contribution in [0.4, 0.5) is 0 Å². The first-order valence-electron chi connectivity index (χ1n) is 4.79. The maximum Gasteiger partial charge on any atom is 0.164 e. The molecule has 0 bridgehead atoms. The fourth-order valence-electron chi connectivity index (χ4n) is 1.47. The van der Waals surface area contributed by atoms with Gasteiger partial charge in [0.05, 0.1) is 25.7 Å². The standard InChI is InChI=1S/C11H11NO3/c12-3-2-8-6-10-11(7-9(8)13)15-5-1-4-14-10/h6-7,13H,1-2,4-5H2. The highest BCUT2D eigenvalue weighted by atomic mass is 16.5. The summed E-state index contributed by atoms with van der Waals surface area (Å²) in [5.41, 5.74) is 0.571. The van der Waals surface area contributed by atoms with E-state index >= 15 is 0 Å². The lowest BCUT2D eigenvalue weighted by Crippen LogP contribution is -1.97. The van der Waals surface area contributed by atoms with Gasteiger partial charge in [-0.25, -0.2) is 0 Å². The summed E-state index contributed by atoms with van der Waals surface area (Å²) in [7, 11) is 0. The molecule has 0 fully saturated rings. The maximum atomic E-state index is 9.60. The highest BCUT2D eigenvalue weighted by Gasteiger charge is 2.14. The molecule has 4 nitrogen and oxygen atoms in total. The van der Waals surface area contributed by atoms with E-state index in [0.717, 1.165) is 6.42 Å². The Balaban J connectivity index is 2.39. The van der Waals surface area contributed by atoms with Crippen molar-refractivity contribution in [2.45, 2.75) is 12.8 Å². The number of phenols is 1. The van der Waals surface area contributed by atoms with Crippen molar-refractivity contribution >= 4 is 0 Å². The Kier molecular flexibility index (Phi) is 2.64. The summed E-state index contributed by atoms with van der Waals surface area (Å²) in [5, 5.41) is 18.2. The van der Waals surface area contributed by atoms with Gasteiger partial charge < -0.3 is 14.6 Å². The topological polar surface area (TPSA) is 62.5 Å². The van der Waals surface area contributed by atoms with Crippen LogP contribution in [0.2, 0.25) is 0 Å². The van der Waals surface area contributed by atoms with Crippen molar-refractivity contribution in [2.75, 3.05) is 13.2 Å². The fraction of sp³-hybridized carbons (Fsp3) is 0.364. The molecule has 0 aliphatic carbocycles. The van der Waals surface area contributed by atoms with Crippen LogP contribution in [-0.4, -0.2) is 18.3 Å². The number of benzene rings is 1. The molecule has 0 saturated carbocycles. The van der Waals surface area contributed by atoms with Crippen molar-refractivity contribution in [1.29, 1.82) is 5.26 Å². The zero-order valence-corrected chi connectivity index (χ0v) is 8.19. The molecule has 0 unspecified atom stereocenters. The third-order valence-corrected chi connectivity index (χ3v) is 2.22. The van der Waals surface area contributed by atoms with Gasteiger partial charge in [-0.1, -0.05) is 0 Å². The first-order chi connectivity index (χ1) is 7.31. The number of ether oxygens (including phenoxy) is 2. The Labute approximate surface area is 87.7 Å². The number of phenolic OH excluding ortho intramolecular Hbond substituents is 1. The van der Waals surface area contributed by atoms with Gasteiger partial charge in [-0.05, 0) is 6.07 Å². The van der Waals surface area contributed by atoms with E-state index in [1.807, 2.05) is 6.07 Å². The van der Waals surface area contributed by atoms with Gasteiger partial charge in [-0.2, -0.15) is 5.26 Å². The third kappa shape index (κ3) is 1.96. The number of aromatic hydroxyl groups is 1. The van der Waals surface area contributed by atoms with Crippen molar-refractivity contribution in [3.05, 3.63) is 17.7 Å². The van der Waals surface area contributed by atoms with Crippen LogP contribution < -0.4 is 9.47 Å². The summed E-state index contributed by atoms with van der Waals surface area (Å²) in [6.45, 7) is 1.19. The smallest absolute Gasteiger partial charge is 0.164 e. The summed E-state index contributed by atoms with van der Waals surface area (Å²) in [6.07, 6.45) is 0.992. The van der Waals surface area contributed by atoms with Gasteiger partial charge in [0.2, 0.25) is 0 Å². The zero-order valence-electron chi connectivity index (χ0n) is 8.19. The lowest BCUT2D eigenvalue weighted by atomic mass is 10.1. The van der Waals surface area contributed by atoms with E-state index in [0.29, 0.717) is 30.3 Å². The molecule has 0 spiro atoms. The van der Waals surface area contributed by atoms with Crippen molar-refractivity contribution in [1.82, 2.24) is 0 Å². The van der Waals surface area contributed by atoms with Gasteiger partial charge in [0.1, 0.15) is 5.75 Å². The lowest BCUT2D eigenvalue weighted by molar-refractivity contribution is 0.296. The second-order valence-electron chi connectivity index (χ2n) is 3.31. The second-order valence-corrected chi connectivity index (χ2v) is 3.31. The molecule has 0 aromatic heterocycles. The first kappa shape index (κ1) is 9.66. The average molecular weight is 205 g/mol. The van der Waals surface area contributed by atoms with Crippen LogP contribution in [0.5, 0.6) is 17.2 Å². The largest absolute Gasteiger partial charge is 0.507 e. The molecule has 78 valence electrons. The van der Waals surface area contributed by atoms with E-state index in [-0.39, 0.29) is 12.2 Å². The Morgan fingerprint density at radius 1 is 1.27 bits per heavy atom. The third-order valence-electron chi connectivity index (χ3n) is 2.22. The van der Waals surface area contributed by atoms with E-state index in [2.05, 4.69) is 0 Å². The summed E-state index contributed by atoms with van der Waals surface area (Å²) in [6, 6.07) is 5.16. The minimum absolute atomic E-state index is 0.0841. The fourth-order valence-corrected chi connectivity index (χ4v) is 1.47. The van der Waals surface area contributed by atoms with Gasteiger partial charge in [-0.3, -0.25) is 0 Å². The Morgan fingerprint density at radius 3 is 2.60 bits per heavy atom. The van der Waals surface area contributed by atoms with Crippen molar-refractivity contribution < 1.29 is 14.6 Å². The van der Waals surface area contributed by atoms with E-state index in [4.69, 9.17) is 14.7 Å². The molecule has 4 heteroatoms. The molecule has 1 aromatic rings. The monoisotopic (exact) mass is 205 g/mol. The van der Waals surface area contributed by atoms with E-state index < -0.39 is 0 Å². The predicted molar refractivity (Wildman–Crippen MR) is 53.0 cm³/mol. The van der Waals surface area contributed by atoms with Crippen molar-refractivity contribution in [2.24, 2.45) is 0 Å². The van der Waals surface area contributed by atoms with Crippen LogP contribution in [0, 0.1) is 11.3 Å². The molecule has 2 rings (SSSR count). The second kappa shape index (κ2) is 4.09. The minimum Gasteiger partial charge on any atom is -0.507 e. The van der Waals surface area contributed by atoms with E-state index in [1.165, 1.54) is 6.07 Å². The van der Waals surface area contributed by atoms with E-state index in [9.17, 15) is 5.11 Å². The van der Waals surface area contributed by atoms with Crippen molar-refractivity contribution in [3.8, 4) is 23.3 Å². The van der Waals surface area contributed by atoms with E-state index in [1.54, 1.807) is 6.07 Å². The molecule has 1 aliphatic rings. The van der Waals surface area contributed by atoms with Gasteiger partial charge in [0.15, 0.2) is 11.5 Å². The molecule has 1 aromatic carbocycles. The van der Waals surface area contributed by atoms with Gasteiger partial charge in [0.25, 0.3) is 0 Å². The predicted octanol–water partition coefficient (Wildman–Crippen LogP) is 1.62. The van der Waals surface area contributed by atoms with Crippen LogP contribution >= 0.6 is 0 Å². The van der Waals surface area contributed by atoms with Crippen molar-refractivity contribution in [3.63, 3.8) is 0 Å². The van der Waals surface area contributed by atoms with Crippen LogP contribution in [0.15, 0.2) is 12.1 Å². The number of rotatable bonds is 1. The number of fused-ring (bicyclic) bond motifs is 1. The normalized spacial score (nSPS) is 14.1. The molecule has 0 radical (unpaired) electrons. The van der Waals surface area contributed by atoms with Crippen LogP contribution in [0.25, 0.3) is 0 Å². The molecule has 1 aliphatic heterocycles. The van der Waals surface area contributed by atoms with Crippen LogP contribution in [-0.2, 0) is 6.42 Å². The summed E-state index contributed by atoms with van der Waals surface area (Å²) in [5.74, 6) is 1.24. The number of nitriles is 1. The maximum absolute atomic E-state index is 9.60. The summed E-state index contributed by atoms with van der Waals surface area (Å²) < 4.78 is 10.8. The SMILES string of the molecule is N#CCc1cc2c(cc1O)OCCCO2. The zero-order chi connectivity index (χ0) is 10.7. The molecule has 0 saturated heterocycles. The minimum atomic E-state index is 0.0841. The first-order valence-corrected chi connectivity index (χ1v) is 4.79. The number of hydrogen-bond donors (Lipinski definition) is 1. The molecule has 15 heavy (non-hydrogen) atoms. The van der Waals surface area contributed by atoms with Crippen LogP contribution in [0.1, 0.15) is 12.0 Å². The number of nitrogens with zero attached hydrogens (tertiary/aromatic N) is 1. The lowest BCUT2D eigenvalue weighted by Gasteiger charge is -2.09. The van der Waals surface area contributed by atoms with Gasteiger partial charge in [-0.15, -0.1) is 0 Å². The summed E-state index contributed by atoms with van der Waals surface area (Å²) >= 11 is 0. The molecular weight excluding hydrogens is 194 g/mol. The van der Waals surface area contributed by atoms with Gasteiger partial charge in [0, 0.05) is 18.1 Å². The number of hydrogen-bond acceptors (Lipinski definition) is 4. The highest BCUT2D eigenvalue weighted by molar-refractivity contribution is 5.51. The Morgan fingerprint density at radius 2 is 1.93 bits per heavy atom. The Bertz CT molecular complexity index is 409. The highest BCUT2D eigenvalue weighted by Crippen LogP contribution is 2.35. The van der Waals surface area contributed by atoms with Crippen LogP contribution in [0.3, 0.4) is 0 Å². The van der Waals surface area contributed by atoms with Gasteiger partial charge >= 0.3 is 0 Å². The quantitative estimate of drug-likeness (QED) is 0.756.